The number of alkyl halides is 1. The summed E-state index contributed by atoms with van der Waals surface area (Å²) in [6.07, 6.45) is 1.81. The number of benzene rings is 2. The number of nitrogens with zero attached hydrogens (tertiary/aromatic N) is 11. The number of aryl methyl sites for hydroxylation is 4. The molecule has 0 spiro atoms. The average Bonchev–Trinajstić information content (AvgIpc) is 3.98. The Morgan fingerprint density at radius 1 is 0.678 bits per heavy atom. The van der Waals surface area contributed by atoms with E-state index >= 15 is 0 Å². The highest BCUT2D eigenvalue weighted by Gasteiger charge is 2.18. The molecule has 2 atom stereocenters. The van der Waals surface area contributed by atoms with Crippen LogP contribution in [0.5, 0.6) is 0 Å². The molecule has 0 aliphatic heterocycles. The van der Waals surface area contributed by atoms with Gasteiger partial charge in [-0.15, -0.1) is 11.6 Å². The fourth-order valence-corrected chi connectivity index (χ4v) is 6.25. The van der Waals surface area contributed by atoms with Crippen LogP contribution < -0.4 is 22.5 Å². The van der Waals surface area contributed by atoms with Crippen LogP contribution >= 0.6 is 34.8 Å². The minimum Gasteiger partial charge on any atom is -0.388 e. The third-order valence-corrected chi connectivity index (χ3v) is 9.76. The molecule has 2 aromatic carbocycles. The van der Waals surface area contributed by atoms with Gasteiger partial charge in [-0.25, -0.2) is 19.4 Å². The van der Waals surface area contributed by atoms with Crippen LogP contribution in [0.2, 0.25) is 10.0 Å². The molecule has 0 aliphatic carbocycles. The topological polar surface area (TPSA) is 253 Å². The Morgan fingerprint density at radius 3 is 1.64 bits per heavy atom. The molecule has 6 heterocycles. The standard InChI is InChI=1S/C18H17ClN6O4.C11H10Cl2N2O2.C7H8N4O2/c1-23-12-8-20-25(17(27)16(12)24(2)18(23)28)9-15-21-14(22-29-15)7-13(26)10-3-5-11(19)6-4-10;12-6-11-14-10(15-17-11)5-9(16)7-1-3-8(13)4-2-7;1-10-4-3-8-9-6(12)5(4)11(2)7(10)13/h3-6,8,13,26H,7,9H2,1-2H3;1-4,9,16H,5-6H2;3H,1-2H3,(H,9,12)/t13-;9-;/m00./s1. The van der Waals surface area contributed by atoms with E-state index in [-0.39, 0.29) is 53.6 Å². The number of hydrogen-bond donors (Lipinski definition) is 3. The van der Waals surface area contributed by atoms with E-state index in [0.717, 1.165) is 10.2 Å². The van der Waals surface area contributed by atoms with E-state index in [1.807, 2.05) is 0 Å². The first-order chi connectivity index (χ1) is 28.2. The van der Waals surface area contributed by atoms with Gasteiger partial charge < -0.3 is 19.3 Å². The Morgan fingerprint density at radius 2 is 1.15 bits per heavy atom. The van der Waals surface area contributed by atoms with Gasteiger partial charge in [0.05, 0.1) is 35.6 Å². The van der Waals surface area contributed by atoms with Crippen LogP contribution in [-0.2, 0) is 53.5 Å². The van der Waals surface area contributed by atoms with Crippen molar-refractivity contribution in [2.45, 2.75) is 37.5 Å². The lowest BCUT2D eigenvalue weighted by atomic mass is 10.1. The molecule has 6 aromatic heterocycles. The van der Waals surface area contributed by atoms with E-state index in [2.05, 4.69) is 35.6 Å². The van der Waals surface area contributed by atoms with Crippen molar-refractivity contribution in [3.05, 3.63) is 147 Å². The average molecular weight is 870 g/mol. The summed E-state index contributed by atoms with van der Waals surface area (Å²) < 4.78 is 16.5. The summed E-state index contributed by atoms with van der Waals surface area (Å²) in [5, 5.41) is 39.0. The van der Waals surface area contributed by atoms with E-state index in [1.54, 1.807) is 69.7 Å². The lowest BCUT2D eigenvalue weighted by Crippen LogP contribution is -2.26. The molecule has 59 heavy (non-hydrogen) atoms. The molecule has 8 aromatic rings. The molecule has 3 N–H and O–H groups in total. The fourth-order valence-electron chi connectivity index (χ4n) is 5.89. The molecule has 0 bridgehead atoms. The second-order valence-corrected chi connectivity index (χ2v) is 14.1. The molecule has 0 radical (unpaired) electrons. The van der Waals surface area contributed by atoms with Crippen molar-refractivity contribution in [3.8, 4) is 0 Å². The summed E-state index contributed by atoms with van der Waals surface area (Å²) in [5.74, 6) is 1.42. The zero-order valence-electron chi connectivity index (χ0n) is 31.7. The number of aliphatic hydroxyl groups excluding tert-OH is 2. The molecule has 20 nitrogen and oxygen atoms in total. The van der Waals surface area contributed by atoms with E-state index in [0.29, 0.717) is 49.7 Å². The normalized spacial score (nSPS) is 12.2. The van der Waals surface area contributed by atoms with Crippen LogP contribution in [0.15, 0.2) is 89.1 Å². The maximum absolute atomic E-state index is 12.7. The highest BCUT2D eigenvalue weighted by atomic mass is 35.5. The number of hydrogen-bond acceptors (Lipinski definition) is 14. The smallest absolute Gasteiger partial charge is 0.328 e. The minimum absolute atomic E-state index is 0.0537. The number of fused-ring (bicyclic) bond motifs is 2. The number of rotatable bonds is 9. The van der Waals surface area contributed by atoms with Crippen LogP contribution in [0.1, 0.15) is 46.8 Å². The van der Waals surface area contributed by atoms with Gasteiger partial charge in [0.15, 0.2) is 11.6 Å². The van der Waals surface area contributed by atoms with Gasteiger partial charge in [-0.3, -0.25) is 27.9 Å². The Labute approximate surface area is 346 Å². The van der Waals surface area contributed by atoms with Crippen molar-refractivity contribution in [2.24, 2.45) is 28.2 Å². The quantitative estimate of drug-likeness (QED) is 0.176. The molecular formula is C36H35Cl3N12O8. The monoisotopic (exact) mass is 868 g/mol. The first-order valence-electron chi connectivity index (χ1n) is 17.4. The Hall–Kier alpha value is -6.19. The van der Waals surface area contributed by atoms with Crippen LogP contribution in [0, 0.1) is 0 Å². The number of H-pyrrole nitrogens is 1. The van der Waals surface area contributed by atoms with Gasteiger partial charge >= 0.3 is 11.4 Å². The Bertz CT molecular complexity index is 2960. The molecule has 0 amide bonds. The summed E-state index contributed by atoms with van der Waals surface area (Å²) >= 11 is 17.2. The number of nitrogens with one attached hydrogen (secondary N) is 1. The van der Waals surface area contributed by atoms with Gasteiger partial charge in [0.2, 0.25) is 11.8 Å². The van der Waals surface area contributed by atoms with Crippen LogP contribution in [0.25, 0.3) is 22.1 Å². The van der Waals surface area contributed by atoms with Crippen LogP contribution in [0.4, 0.5) is 0 Å². The van der Waals surface area contributed by atoms with Crippen molar-refractivity contribution >= 4 is 56.9 Å². The molecule has 0 saturated heterocycles. The highest BCUT2D eigenvalue weighted by Crippen LogP contribution is 2.21. The maximum atomic E-state index is 12.7. The van der Waals surface area contributed by atoms with Gasteiger partial charge in [-0.1, -0.05) is 57.8 Å². The number of imidazole rings is 2. The predicted molar refractivity (Wildman–Crippen MR) is 214 cm³/mol. The summed E-state index contributed by atoms with van der Waals surface area (Å²) in [6, 6.07) is 13.8. The summed E-state index contributed by atoms with van der Waals surface area (Å²) in [7, 11) is 6.26. The molecular weight excluding hydrogens is 835 g/mol. The Balaban J connectivity index is 0.000000165. The predicted octanol–water partition coefficient (Wildman–Crippen LogP) is 2.49. The zero-order chi connectivity index (χ0) is 42.5. The first kappa shape index (κ1) is 42.4. The van der Waals surface area contributed by atoms with Gasteiger partial charge in [0.25, 0.3) is 11.1 Å². The van der Waals surface area contributed by atoms with Crippen molar-refractivity contribution < 1.29 is 19.3 Å². The maximum Gasteiger partial charge on any atom is 0.328 e. The van der Waals surface area contributed by atoms with E-state index < -0.39 is 17.8 Å². The molecule has 0 fully saturated rings. The largest absolute Gasteiger partial charge is 0.388 e. The fraction of sp³-hybridized carbons (Fsp3) is 0.278. The molecule has 23 heteroatoms. The number of halogens is 3. The number of aliphatic hydroxyl groups is 2. The van der Waals surface area contributed by atoms with E-state index in [9.17, 15) is 29.4 Å². The third kappa shape index (κ3) is 9.42. The molecule has 8 rings (SSSR count). The van der Waals surface area contributed by atoms with E-state index in [1.165, 1.54) is 37.7 Å². The van der Waals surface area contributed by atoms with Crippen LogP contribution in [-0.4, -0.2) is 68.7 Å². The molecule has 0 unspecified atom stereocenters. The minimum atomic E-state index is -0.825. The summed E-state index contributed by atoms with van der Waals surface area (Å²) in [6.45, 7) is -0.0537. The number of aromatic nitrogens is 12. The summed E-state index contributed by atoms with van der Waals surface area (Å²) in [4.78, 5) is 55.6. The zero-order valence-corrected chi connectivity index (χ0v) is 33.9. The van der Waals surface area contributed by atoms with Gasteiger partial charge in [0, 0.05) is 51.1 Å². The van der Waals surface area contributed by atoms with Gasteiger partial charge in [0.1, 0.15) is 23.5 Å². The highest BCUT2D eigenvalue weighted by molar-refractivity contribution is 6.30. The molecule has 0 saturated carbocycles. The lowest BCUT2D eigenvalue weighted by Gasteiger charge is -2.08. The second-order valence-electron chi connectivity index (χ2n) is 13.0. The lowest BCUT2D eigenvalue weighted by molar-refractivity contribution is 0.174. The number of aromatic amines is 1. The molecule has 0 aliphatic rings. The van der Waals surface area contributed by atoms with Crippen molar-refractivity contribution in [2.75, 3.05) is 0 Å². The van der Waals surface area contributed by atoms with E-state index in [4.69, 9.17) is 43.8 Å². The van der Waals surface area contributed by atoms with Crippen LogP contribution in [0.3, 0.4) is 0 Å². The van der Waals surface area contributed by atoms with Gasteiger partial charge in [-0.05, 0) is 35.4 Å². The van der Waals surface area contributed by atoms with Gasteiger partial charge in [-0.2, -0.15) is 20.2 Å². The second kappa shape index (κ2) is 18.2. The van der Waals surface area contributed by atoms with Crippen molar-refractivity contribution in [3.63, 3.8) is 0 Å². The summed E-state index contributed by atoms with van der Waals surface area (Å²) in [5.41, 5.74) is 1.67. The first-order valence-corrected chi connectivity index (χ1v) is 18.7. The van der Waals surface area contributed by atoms with Crippen molar-refractivity contribution in [1.29, 1.82) is 0 Å². The molecule has 308 valence electrons. The third-order valence-electron chi connectivity index (χ3n) is 9.03. The SMILES string of the molecule is Cn1c(=O)n(C)c2c(=O)[nH]ncc21.Cn1c(=O)n(C)c2c(=O)n(Cc3nc(C[C@H](O)c4ccc(Cl)cc4)no3)ncc21.O[C@@H](Cc1noc(CCl)n1)c1ccc(Cl)cc1. The van der Waals surface area contributed by atoms with Crippen molar-refractivity contribution in [1.82, 2.24) is 58.5 Å². The Kier molecular flexibility index (Phi) is 13.1.